The molecule has 14 heteroatoms. The number of hydrogen-bond acceptors (Lipinski definition) is 7. The van der Waals surface area contributed by atoms with E-state index in [1.54, 1.807) is 0 Å². The van der Waals surface area contributed by atoms with Crippen molar-refractivity contribution in [3.8, 4) is 0 Å². The molecule has 0 saturated carbocycles. The van der Waals surface area contributed by atoms with Crippen molar-refractivity contribution in [2.45, 2.75) is 31.0 Å². The molecule has 142 valence electrons. The summed E-state index contributed by atoms with van der Waals surface area (Å²) >= 11 is 0. The Morgan fingerprint density at radius 3 is 2.56 bits per heavy atom. The molecule has 0 spiro atoms. The van der Waals surface area contributed by atoms with Gasteiger partial charge in [0.2, 0.25) is 0 Å². The molecule has 0 amide bonds. The maximum absolute atomic E-state index is 14.2. The largest absolute Gasteiger partial charge is 0.387 e. The molecule has 0 bridgehead atoms. The van der Waals surface area contributed by atoms with E-state index in [1.807, 2.05) is 4.98 Å². The number of aromatic nitrogens is 2. The molecular weight excluding hydrogens is 386 g/mol. The Morgan fingerprint density at radius 1 is 1.36 bits per heavy atom. The molecule has 0 aromatic carbocycles. The number of sulfone groups is 1. The van der Waals surface area contributed by atoms with Gasteiger partial charge in [-0.05, 0) is 6.42 Å². The zero-order valence-corrected chi connectivity index (χ0v) is 14.3. The van der Waals surface area contributed by atoms with E-state index in [1.165, 1.54) is 0 Å². The van der Waals surface area contributed by atoms with Gasteiger partial charge in [0.1, 0.15) is 6.10 Å². The fourth-order valence-electron chi connectivity index (χ4n) is 2.41. The van der Waals surface area contributed by atoms with Crippen molar-refractivity contribution in [1.82, 2.24) is 9.55 Å². The van der Waals surface area contributed by atoms with Crippen molar-refractivity contribution >= 4 is 17.4 Å². The standard InChI is InChI=1S/C11H16FN2O9PS/c12-8-9(16)6(2-4-25(21,22)5-24(18,19)20)23-10(8)14-3-1-7(15)13-11(14)17/h1,3,6,8-10,16H,2,4-5H2,(H,13,15,17)(H2,18,19,20)/t6-,8-,9-,10-/m1/s1. The number of rotatable bonds is 6. The molecule has 1 aromatic rings. The first-order valence-electron chi connectivity index (χ1n) is 6.94. The summed E-state index contributed by atoms with van der Waals surface area (Å²) in [6.07, 6.45) is -6.18. The van der Waals surface area contributed by atoms with Crippen molar-refractivity contribution in [2.75, 3.05) is 11.2 Å². The van der Waals surface area contributed by atoms with Gasteiger partial charge >= 0.3 is 13.3 Å². The fourth-order valence-corrected chi connectivity index (χ4v) is 5.57. The van der Waals surface area contributed by atoms with Gasteiger partial charge in [-0.25, -0.2) is 17.6 Å². The van der Waals surface area contributed by atoms with Gasteiger partial charge in [-0.15, -0.1) is 0 Å². The minimum absolute atomic E-state index is 0.432. The molecule has 2 rings (SSSR count). The lowest BCUT2D eigenvalue weighted by atomic mass is 10.1. The van der Waals surface area contributed by atoms with Crippen LogP contribution in [0.3, 0.4) is 0 Å². The number of hydrogen-bond donors (Lipinski definition) is 4. The number of halogens is 1. The first-order chi connectivity index (χ1) is 11.4. The molecule has 1 aliphatic heterocycles. The maximum Gasteiger partial charge on any atom is 0.340 e. The average Bonchev–Trinajstić information content (AvgIpc) is 2.71. The van der Waals surface area contributed by atoms with Crippen LogP contribution in [0.1, 0.15) is 12.6 Å². The maximum atomic E-state index is 14.2. The molecule has 25 heavy (non-hydrogen) atoms. The van der Waals surface area contributed by atoms with Crippen LogP contribution >= 0.6 is 7.60 Å². The van der Waals surface area contributed by atoms with Crippen LogP contribution in [0.15, 0.2) is 21.9 Å². The molecule has 4 N–H and O–H groups in total. The fraction of sp³-hybridized carbons (Fsp3) is 0.636. The van der Waals surface area contributed by atoms with E-state index in [9.17, 15) is 32.1 Å². The van der Waals surface area contributed by atoms with Crippen molar-refractivity contribution in [1.29, 1.82) is 0 Å². The number of H-pyrrole nitrogens is 1. The first-order valence-corrected chi connectivity index (χ1v) is 10.6. The van der Waals surface area contributed by atoms with E-state index in [4.69, 9.17) is 14.5 Å². The molecular formula is C11H16FN2O9PS. The van der Waals surface area contributed by atoms with Gasteiger partial charge in [0, 0.05) is 12.3 Å². The van der Waals surface area contributed by atoms with E-state index in [2.05, 4.69) is 0 Å². The minimum atomic E-state index is -4.79. The van der Waals surface area contributed by atoms with Gasteiger partial charge in [-0.2, -0.15) is 0 Å². The van der Waals surface area contributed by atoms with E-state index >= 15 is 0 Å². The van der Waals surface area contributed by atoms with Crippen molar-refractivity contribution in [2.24, 2.45) is 0 Å². The summed E-state index contributed by atoms with van der Waals surface area (Å²) < 4.78 is 54.1. The Kier molecular flexibility index (Phi) is 5.66. The second kappa shape index (κ2) is 7.09. The molecule has 1 fully saturated rings. The number of aromatic amines is 1. The Balaban J connectivity index is 2.11. The third kappa shape index (κ3) is 5.06. The van der Waals surface area contributed by atoms with Crippen molar-refractivity contribution in [3.05, 3.63) is 33.1 Å². The lowest BCUT2D eigenvalue weighted by Crippen LogP contribution is -2.35. The second-order valence-corrected chi connectivity index (χ2v) is 9.81. The smallest absolute Gasteiger partial charge is 0.340 e. The first kappa shape index (κ1) is 19.9. The number of aliphatic hydroxyl groups is 1. The number of nitrogens with one attached hydrogen (secondary N) is 1. The van der Waals surface area contributed by atoms with E-state index in [0.717, 1.165) is 12.3 Å². The molecule has 0 radical (unpaired) electrons. The SMILES string of the molecule is O=c1ccn([C@@H]2O[C@H](CCS(=O)(=O)CP(=O)(O)O)[C@@H](O)[C@H]2F)c(=O)[nH]1. The lowest BCUT2D eigenvalue weighted by molar-refractivity contribution is -0.0277. The Labute approximate surface area is 140 Å². The summed E-state index contributed by atoms with van der Waals surface area (Å²) in [5, 5.41) is 9.83. The van der Waals surface area contributed by atoms with E-state index in [0.29, 0.717) is 4.57 Å². The Bertz CT molecular complexity index is 891. The molecule has 11 nitrogen and oxygen atoms in total. The van der Waals surface area contributed by atoms with Gasteiger partial charge in [0.15, 0.2) is 27.7 Å². The summed E-state index contributed by atoms with van der Waals surface area (Å²) in [5.41, 5.74) is -3.05. The Hall–Kier alpha value is -1.37. The predicted molar refractivity (Wildman–Crippen MR) is 81.5 cm³/mol. The van der Waals surface area contributed by atoms with Gasteiger partial charge in [-0.1, -0.05) is 0 Å². The summed E-state index contributed by atoms with van der Waals surface area (Å²) in [5.74, 6) is -0.750. The second-order valence-electron chi connectivity index (χ2n) is 5.55. The van der Waals surface area contributed by atoms with Crippen LogP contribution in [-0.4, -0.2) is 62.5 Å². The molecule has 0 aliphatic carbocycles. The number of nitrogens with zero attached hydrogens (tertiary/aromatic N) is 1. The van der Waals surface area contributed by atoms with Gasteiger partial charge in [0.25, 0.3) is 5.56 Å². The summed E-state index contributed by atoms with van der Waals surface area (Å²) in [6, 6.07) is 0.946. The van der Waals surface area contributed by atoms with Crippen molar-refractivity contribution in [3.63, 3.8) is 0 Å². The highest BCUT2D eigenvalue weighted by Gasteiger charge is 2.45. The predicted octanol–water partition coefficient (Wildman–Crippen LogP) is -1.93. The highest BCUT2D eigenvalue weighted by Crippen LogP contribution is 2.37. The van der Waals surface area contributed by atoms with Crippen LogP contribution in [-0.2, 0) is 19.1 Å². The Morgan fingerprint density at radius 2 is 2.00 bits per heavy atom. The van der Waals surface area contributed by atoms with Crippen molar-refractivity contribution < 1.29 is 37.0 Å². The number of aliphatic hydroxyl groups excluding tert-OH is 1. The van der Waals surface area contributed by atoms with Gasteiger partial charge in [-0.3, -0.25) is 18.9 Å². The summed E-state index contributed by atoms with van der Waals surface area (Å²) in [4.78, 5) is 42.0. The molecule has 1 aromatic heterocycles. The van der Waals surface area contributed by atoms with Crippen LogP contribution in [0.5, 0.6) is 0 Å². The zero-order valence-electron chi connectivity index (χ0n) is 12.6. The molecule has 4 atom stereocenters. The third-order valence-corrected chi connectivity index (χ3v) is 7.27. The monoisotopic (exact) mass is 402 g/mol. The van der Waals surface area contributed by atoms with Crippen LogP contribution in [0.25, 0.3) is 0 Å². The number of ether oxygens (including phenoxy) is 1. The minimum Gasteiger partial charge on any atom is -0.387 e. The lowest BCUT2D eigenvalue weighted by Gasteiger charge is -2.15. The average molecular weight is 402 g/mol. The molecule has 1 saturated heterocycles. The van der Waals surface area contributed by atoms with Gasteiger partial charge in [0.05, 0.1) is 11.9 Å². The van der Waals surface area contributed by atoms with Gasteiger partial charge < -0.3 is 19.6 Å². The summed E-state index contributed by atoms with van der Waals surface area (Å²) in [7, 11) is -8.95. The third-order valence-electron chi connectivity index (χ3n) is 3.50. The molecule has 0 unspecified atom stereocenters. The number of alkyl halides is 1. The summed E-state index contributed by atoms with van der Waals surface area (Å²) in [6.45, 7) is 0. The van der Waals surface area contributed by atoms with Crippen LogP contribution in [0, 0.1) is 0 Å². The molecule has 1 aliphatic rings. The highest BCUT2D eigenvalue weighted by atomic mass is 32.2. The highest BCUT2D eigenvalue weighted by molar-refractivity contribution is 7.97. The van der Waals surface area contributed by atoms with E-state index < -0.39 is 71.0 Å². The van der Waals surface area contributed by atoms with E-state index in [-0.39, 0.29) is 0 Å². The van der Waals surface area contributed by atoms with Crippen LogP contribution in [0.2, 0.25) is 0 Å². The topological polar surface area (TPSA) is 176 Å². The quantitative estimate of drug-likeness (QED) is 0.395. The van der Waals surface area contributed by atoms with Crippen LogP contribution < -0.4 is 11.2 Å². The zero-order chi connectivity index (χ0) is 19.0. The van der Waals surface area contributed by atoms with Crippen LogP contribution in [0.4, 0.5) is 4.39 Å². The normalized spacial score (nSPS) is 27.5. The molecule has 2 heterocycles.